The van der Waals surface area contributed by atoms with E-state index in [2.05, 4.69) is 10.6 Å². The van der Waals surface area contributed by atoms with Crippen molar-refractivity contribution in [3.05, 3.63) is 39.9 Å². The standard InChI is InChI=1S/C16H21F3N4O3.ClH/c17-16(18,19)14(22-8-6-20-7-9-22)11-21-15(24)5-4-12-2-1-3-13(10-12)23(25)26;/h1-3,10,14,20H,4-9,11H2,(H,21,24);1H. The quantitative estimate of drug-likeness (QED) is 0.529. The van der Waals surface area contributed by atoms with E-state index < -0.39 is 29.6 Å². The number of halogens is 4. The van der Waals surface area contributed by atoms with Gasteiger partial charge in [0, 0.05) is 51.3 Å². The third-order valence-electron chi connectivity index (χ3n) is 4.22. The summed E-state index contributed by atoms with van der Waals surface area (Å²) in [5, 5.41) is 16.1. The average Bonchev–Trinajstić information content (AvgIpc) is 2.60. The lowest BCUT2D eigenvalue weighted by Gasteiger charge is -2.35. The van der Waals surface area contributed by atoms with Crippen LogP contribution in [0.15, 0.2) is 24.3 Å². The number of hydrogen-bond acceptors (Lipinski definition) is 5. The third kappa shape index (κ3) is 7.31. The minimum absolute atomic E-state index is 0. The summed E-state index contributed by atoms with van der Waals surface area (Å²) < 4.78 is 39.7. The predicted molar refractivity (Wildman–Crippen MR) is 96.0 cm³/mol. The van der Waals surface area contributed by atoms with Crippen molar-refractivity contribution in [1.29, 1.82) is 0 Å². The first-order valence-electron chi connectivity index (χ1n) is 8.29. The number of carbonyl (C=O) groups is 1. The third-order valence-corrected chi connectivity index (χ3v) is 4.22. The maximum Gasteiger partial charge on any atom is 0.405 e. The molecule has 1 aromatic rings. The van der Waals surface area contributed by atoms with Crippen molar-refractivity contribution in [2.45, 2.75) is 25.1 Å². The van der Waals surface area contributed by atoms with Crippen LogP contribution in [0.5, 0.6) is 0 Å². The van der Waals surface area contributed by atoms with Gasteiger partial charge in [-0.15, -0.1) is 12.4 Å². The van der Waals surface area contributed by atoms with Crippen molar-refractivity contribution in [2.75, 3.05) is 32.7 Å². The molecule has 1 heterocycles. The second-order valence-corrected chi connectivity index (χ2v) is 6.07. The minimum atomic E-state index is -4.43. The fourth-order valence-corrected chi connectivity index (χ4v) is 2.83. The van der Waals surface area contributed by atoms with Crippen LogP contribution in [0, 0.1) is 10.1 Å². The maximum atomic E-state index is 13.2. The first-order valence-corrected chi connectivity index (χ1v) is 8.29. The van der Waals surface area contributed by atoms with Crippen LogP contribution in [0.3, 0.4) is 0 Å². The number of nitro groups is 1. The van der Waals surface area contributed by atoms with Gasteiger partial charge in [-0.1, -0.05) is 12.1 Å². The van der Waals surface area contributed by atoms with Gasteiger partial charge in [-0.25, -0.2) is 0 Å². The molecule has 11 heteroatoms. The Labute approximate surface area is 160 Å². The number of nitrogens with one attached hydrogen (secondary N) is 2. The molecular formula is C16H22ClF3N4O3. The zero-order valence-corrected chi connectivity index (χ0v) is 15.3. The molecule has 0 bridgehead atoms. The molecule has 2 N–H and O–H groups in total. The number of non-ortho nitro benzene ring substituents is 1. The Hall–Kier alpha value is -1.91. The van der Waals surface area contributed by atoms with Gasteiger partial charge < -0.3 is 10.6 Å². The number of hydrogen-bond donors (Lipinski definition) is 2. The largest absolute Gasteiger partial charge is 0.405 e. The number of nitrogens with zero attached hydrogens (tertiary/aromatic N) is 2. The van der Waals surface area contributed by atoms with Gasteiger partial charge in [0.05, 0.1) is 4.92 Å². The fraction of sp³-hybridized carbons (Fsp3) is 0.562. The van der Waals surface area contributed by atoms with Gasteiger partial charge in [0.2, 0.25) is 5.91 Å². The van der Waals surface area contributed by atoms with Crippen LogP contribution >= 0.6 is 12.4 Å². The summed E-state index contributed by atoms with van der Waals surface area (Å²) in [6, 6.07) is 4.12. The Balaban J connectivity index is 0.00000364. The summed E-state index contributed by atoms with van der Waals surface area (Å²) in [6.45, 7) is 0.999. The van der Waals surface area contributed by atoms with Crippen molar-refractivity contribution in [1.82, 2.24) is 15.5 Å². The Morgan fingerprint density at radius 3 is 2.59 bits per heavy atom. The molecule has 1 saturated heterocycles. The van der Waals surface area contributed by atoms with E-state index in [0.717, 1.165) is 0 Å². The van der Waals surface area contributed by atoms with Crippen molar-refractivity contribution in [2.24, 2.45) is 0 Å². The van der Waals surface area contributed by atoms with Crippen LogP contribution in [-0.4, -0.2) is 60.7 Å². The summed E-state index contributed by atoms with van der Waals surface area (Å²) in [7, 11) is 0. The second-order valence-electron chi connectivity index (χ2n) is 6.07. The number of nitro benzene ring substituents is 1. The monoisotopic (exact) mass is 410 g/mol. The molecule has 0 spiro atoms. The Bertz CT molecular complexity index is 640. The van der Waals surface area contributed by atoms with E-state index in [4.69, 9.17) is 0 Å². The molecule has 0 aromatic heterocycles. The lowest BCUT2D eigenvalue weighted by Crippen LogP contribution is -2.57. The normalized spacial score (nSPS) is 16.3. The number of aryl methyl sites for hydroxylation is 1. The zero-order chi connectivity index (χ0) is 19.2. The van der Waals surface area contributed by atoms with E-state index in [-0.39, 0.29) is 44.0 Å². The lowest BCUT2D eigenvalue weighted by molar-refractivity contribution is -0.384. The van der Waals surface area contributed by atoms with E-state index in [9.17, 15) is 28.1 Å². The summed E-state index contributed by atoms with van der Waals surface area (Å²) in [6.07, 6.45) is -4.24. The van der Waals surface area contributed by atoms with E-state index in [1.54, 1.807) is 6.07 Å². The van der Waals surface area contributed by atoms with Crippen molar-refractivity contribution >= 4 is 24.0 Å². The molecule has 0 saturated carbocycles. The molecule has 1 fully saturated rings. The van der Waals surface area contributed by atoms with Crippen molar-refractivity contribution in [3.8, 4) is 0 Å². The van der Waals surface area contributed by atoms with E-state index >= 15 is 0 Å². The Morgan fingerprint density at radius 2 is 2.00 bits per heavy atom. The first-order chi connectivity index (χ1) is 12.3. The number of rotatable bonds is 7. The smallest absolute Gasteiger partial charge is 0.354 e. The summed E-state index contributed by atoms with van der Waals surface area (Å²) >= 11 is 0. The SMILES string of the molecule is Cl.O=C(CCc1cccc([N+](=O)[O-])c1)NCC(N1CCNCC1)C(F)(F)F. The summed E-state index contributed by atoms with van der Waals surface area (Å²) in [5.74, 6) is -0.513. The number of amides is 1. The number of alkyl halides is 3. The Kier molecular flexibility index (Phi) is 8.94. The number of benzene rings is 1. The van der Waals surface area contributed by atoms with Gasteiger partial charge in [0.1, 0.15) is 6.04 Å². The van der Waals surface area contributed by atoms with E-state index in [0.29, 0.717) is 18.7 Å². The molecule has 152 valence electrons. The van der Waals surface area contributed by atoms with Crippen LogP contribution in [0.4, 0.5) is 18.9 Å². The highest BCUT2D eigenvalue weighted by Gasteiger charge is 2.43. The Morgan fingerprint density at radius 1 is 1.33 bits per heavy atom. The zero-order valence-electron chi connectivity index (χ0n) is 14.5. The summed E-state index contributed by atoms with van der Waals surface area (Å²) in [4.78, 5) is 23.4. The molecule has 2 rings (SSSR count). The highest BCUT2D eigenvalue weighted by atomic mass is 35.5. The highest BCUT2D eigenvalue weighted by Crippen LogP contribution is 2.24. The highest BCUT2D eigenvalue weighted by molar-refractivity contribution is 5.85. The molecule has 1 atom stereocenters. The van der Waals surface area contributed by atoms with Crippen LogP contribution in [0.25, 0.3) is 0 Å². The van der Waals surface area contributed by atoms with Gasteiger partial charge >= 0.3 is 6.18 Å². The van der Waals surface area contributed by atoms with Gasteiger partial charge in [0.25, 0.3) is 5.69 Å². The summed E-state index contributed by atoms with van der Waals surface area (Å²) in [5.41, 5.74) is 0.502. The van der Waals surface area contributed by atoms with Crippen LogP contribution in [0.2, 0.25) is 0 Å². The van der Waals surface area contributed by atoms with Gasteiger partial charge in [0.15, 0.2) is 0 Å². The van der Waals surface area contributed by atoms with Gasteiger partial charge in [-0.3, -0.25) is 19.8 Å². The molecule has 1 aliphatic heterocycles. The molecule has 0 radical (unpaired) electrons. The fourth-order valence-electron chi connectivity index (χ4n) is 2.83. The van der Waals surface area contributed by atoms with Crippen LogP contribution in [-0.2, 0) is 11.2 Å². The van der Waals surface area contributed by atoms with Crippen LogP contribution in [0.1, 0.15) is 12.0 Å². The first kappa shape index (κ1) is 23.1. The minimum Gasteiger partial charge on any atom is -0.354 e. The van der Waals surface area contributed by atoms with Gasteiger partial charge in [-0.05, 0) is 12.0 Å². The van der Waals surface area contributed by atoms with Gasteiger partial charge in [-0.2, -0.15) is 13.2 Å². The molecule has 1 aliphatic rings. The van der Waals surface area contributed by atoms with E-state index in [1.165, 1.54) is 23.1 Å². The van der Waals surface area contributed by atoms with Crippen molar-refractivity contribution < 1.29 is 22.9 Å². The predicted octanol–water partition coefficient (Wildman–Crippen LogP) is 1.90. The molecule has 1 amide bonds. The topological polar surface area (TPSA) is 87.5 Å². The van der Waals surface area contributed by atoms with Crippen molar-refractivity contribution in [3.63, 3.8) is 0 Å². The molecular weight excluding hydrogens is 389 g/mol. The molecule has 1 aromatic carbocycles. The van der Waals surface area contributed by atoms with E-state index in [1.807, 2.05) is 0 Å². The lowest BCUT2D eigenvalue weighted by atomic mass is 10.1. The second kappa shape index (κ2) is 10.4. The number of carbonyl (C=O) groups excluding carboxylic acids is 1. The average molecular weight is 411 g/mol. The molecule has 7 nitrogen and oxygen atoms in total. The van der Waals surface area contributed by atoms with Crippen LogP contribution < -0.4 is 10.6 Å². The molecule has 1 unspecified atom stereocenters. The maximum absolute atomic E-state index is 13.2. The number of piperazine rings is 1. The molecule has 27 heavy (non-hydrogen) atoms. The molecule has 0 aliphatic carbocycles.